The third-order valence-electron chi connectivity index (χ3n) is 4.31. The Morgan fingerprint density at radius 3 is 2.81 bits per heavy atom. The van der Waals surface area contributed by atoms with Gasteiger partial charge in [-0.1, -0.05) is 12.1 Å². The predicted molar refractivity (Wildman–Crippen MR) is 99.1 cm³/mol. The number of amides is 1. The van der Waals surface area contributed by atoms with E-state index in [1.54, 1.807) is 13.1 Å². The summed E-state index contributed by atoms with van der Waals surface area (Å²) >= 11 is 0. The molecule has 0 aliphatic heterocycles. The van der Waals surface area contributed by atoms with Gasteiger partial charge in [0.15, 0.2) is 0 Å². The normalized spacial score (nSPS) is 12.0. The van der Waals surface area contributed by atoms with Gasteiger partial charge in [0.2, 0.25) is 5.91 Å². The Kier molecular flexibility index (Phi) is 5.35. The zero-order valence-electron chi connectivity index (χ0n) is 14.8. The second kappa shape index (κ2) is 7.86. The number of ether oxygens (including phenoxy) is 1. The van der Waals surface area contributed by atoms with Crippen LogP contribution in [0.4, 0.5) is 0 Å². The molecular weight excluding hydrogens is 348 g/mol. The third kappa shape index (κ3) is 4.05. The fraction of sp³-hybridized carbons (Fsp3) is 0.263. The SMILES string of the molecule is CCOC(=O)Cc1[nH][nH]c(=O)c1C(CC(N)=O)c1ccc2ncccc2c1. The van der Waals surface area contributed by atoms with E-state index >= 15 is 0 Å². The fourth-order valence-electron chi connectivity index (χ4n) is 3.17. The van der Waals surface area contributed by atoms with Crippen molar-refractivity contribution in [3.05, 3.63) is 63.7 Å². The van der Waals surface area contributed by atoms with Crippen LogP contribution in [0.2, 0.25) is 0 Å². The number of esters is 1. The Balaban J connectivity index is 2.07. The van der Waals surface area contributed by atoms with Crippen LogP contribution < -0.4 is 11.3 Å². The maximum absolute atomic E-state index is 12.4. The van der Waals surface area contributed by atoms with Crippen LogP contribution >= 0.6 is 0 Å². The van der Waals surface area contributed by atoms with Crippen molar-refractivity contribution in [1.82, 2.24) is 15.2 Å². The van der Waals surface area contributed by atoms with Crippen LogP contribution in [0.15, 0.2) is 41.3 Å². The minimum absolute atomic E-state index is 0.0669. The molecule has 8 heteroatoms. The van der Waals surface area contributed by atoms with Crippen molar-refractivity contribution in [2.45, 2.75) is 25.7 Å². The molecule has 0 spiro atoms. The van der Waals surface area contributed by atoms with Crippen molar-refractivity contribution in [2.24, 2.45) is 5.73 Å². The lowest BCUT2D eigenvalue weighted by Gasteiger charge is -2.16. The summed E-state index contributed by atoms with van der Waals surface area (Å²) in [7, 11) is 0. The second-order valence-electron chi connectivity index (χ2n) is 6.13. The van der Waals surface area contributed by atoms with Crippen molar-refractivity contribution >= 4 is 22.8 Å². The summed E-state index contributed by atoms with van der Waals surface area (Å²) in [5, 5.41) is 6.09. The van der Waals surface area contributed by atoms with Crippen molar-refractivity contribution in [1.29, 1.82) is 0 Å². The van der Waals surface area contributed by atoms with Crippen LogP contribution in [0, 0.1) is 0 Å². The summed E-state index contributed by atoms with van der Waals surface area (Å²) in [6.07, 6.45) is 1.52. The molecule has 0 aliphatic rings. The van der Waals surface area contributed by atoms with Gasteiger partial charge in [-0.25, -0.2) is 0 Å². The first kappa shape index (κ1) is 18.4. The number of aromatic nitrogens is 3. The van der Waals surface area contributed by atoms with Crippen LogP contribution in [-0.2, 0) is 20.7 Å². The molecule has 0 saturated heterocycles. The first-order chi connectivity index (χ1) is 13.0. The Morgan fingerprint density at radius 2 is 2.07 bits per heavy atom. The van der Waals surface area contributed by atoms with Crippen molar-refractivity contribution in [3.8, 4) is 0 Å². The van der Waals surface area contributed by atoms with Crippen LogP contribution in [0.3, 0.4) is 0 Å². The summed E-state index contributed by atoms with van der Waals surface area (Å²) in [6, 6.07) is 9.21. The maximum Gasteiger partial charge on any atom is 0.311 e. The second-order valence-corrected chi connectivity index (χ2v) is 6.13. The molecule has 0 aliphatic carbocycles. The molecule has 2 heterocycles. The molecule has 0 bridgehead atoms. The van der Waals surface area contributed by atoms with Gasteiger partial charge < -0.3 is 15.6 Å². The number of benzene rings is 1. The number of carbonyl (C=O) groups excluding carboxylic acids is 2. The van der Waals surface area contributed by atoms with Crippen molar-refractivity contribution in [3.63, 3.8) is 0 Å². The van der Waals surface area contributed by atoms with E-state index in [4.69, 9.17) is 10.5 Å². The molecule has 8 nitrogen and oxygen atoms in total. The molecule has 2 aromatic heterocycles. The van der Waals surface area contributed by atoms with E-state index < -0.39 is 23.4 Å². The Morgan fingerprint density at radius 1 is 1.26 bits per heavy atom. The summed E-state index contributed by atoms with van der Waals surface area (Å²) in [5.41, 5.74) is 7.27. The van der Waals surface area contributed by atoms with E-state index in [0.717, 1.165) is 16.5 Å². The van der Waals surface area contributed by atoms with Gasteiger partial charge in [-0.3, -0.25) is 24.5 Å². The van der Waals surface area contributed by atoms with Gasteiger partial charge in [0, 0.05) is 29.5 Å². The number of fused-ring (bicyclic) bond motifs is 1. The number of nitrogens with two attached hydrogens (primary N) is 1. The molecular formula is C19H20N4O4. The minimum atomic E-state index is -0.591. The summed E-state index contributed by atoms with van der Waals surface area (Å²) in [5.74, 6) is -1.60. The van der Waals surface area contributed by atoms with Crippen LogP contribution in [-0.4, -0.2) is 33.7 Å². The number of H-pyrrole nitrogens is 2. The number of nitrogens with zero attached hydrogens (tertiary/aromatic N) is 1. The lowest BCUT2D eigenvalue weighted by Crippen LogP contribution is -2.21. The summed E-state index contributed by atoms with van der Waals surface area (Å²) in [6.45, 7) is 1.95. The zero-order valence-corrected chi connectivity index (χ0v) is 14.8. The van der Waals surface area contributed by atoms with Gasteiger partial charge in [0.1, 0.15) is 0 Å². The van der Waals surface area contributed by atoms with Crippen LogP contribution in [0.25, 0.3) is 10.9 Å². The standard InChI is InChI=1S/C19H20N4O4/c1-2-27-17(25)10-15-18(19(26)23-22-15)13(9-16(20)24)11-5-6-14-12(8-11)4-3-7-21-14/h3-8,13H,2,9-10H2,1H3,(H2,20,24)(H2,22,23,26). The van der Waals surface area contributed by atoms with Gasteiger partial charge in [-0.05, 0) is 30.7 Å². The quantitative estimate of drug-likeness (QED) is 0.542. The highest BCUT2D eigenvalue weighted by molar-refractivity contribution is 5.80. The number of primary amides is 1. The van der Waals surface area contributed by atoms with E-state index in [1.807, 2.05) is 30.3 Å². The Bertz CT molecular complexity index is 1040. The molecule has 27 heavy (non-hydrogen) atoms. The maximum atomic E-state index is 12.4. The third-order valence-corrected chi connectivity index (χ3v) is 4.31. The van der Waals surface area contributed by atoms with Gasteiger partial charge in [-0.15, -0.1) is 0 Å². The number of aromatic amines is 2. The largest absolute Gasteiger partial charge is 0.466 e. The predicted octanol–water partition coefficient (Wildman–Crippen LogP) is 1.36. The number of hydrogen-bond donors (Lipinski definition) is 3. The molecule has 1 amide bonds. The van der Waals surface area contributed by atoms with Gasteiger partial charge >= 0.3 is 5.97 Å². The van der Waals surface area contributed by atoms with Crippen LogP contribution in [0.1, 0.15) is 36.1 Å². The molecule has 140 valence electrons. The number of rotatable bonds is 7. The molecule has 0 saturated carbocycles. The first-order valence-corrected chi connectivity index (χ1v) is 8.57. The first-order valence-electron chi connectivity index (χ1n) is 8.57. The minimum Gasteiger partial charge on any atom is -0.466 e. The number of nitrogens with one attached hydrogen (secondary N) is 2. The van der Waals surface area contributed by atoms with Crippen LogP contribution in [0.5, 0.6) is 0 Å². The highest BCUT2D eigenvalue weighted by Crippen LogP contribution is 2.30. The smallest absolute Gasteiger partial charge is 0.311 e. The lowest BCUT2D eigenvalue weighted by atomic mass is 9.87. The highest BCUT2D eigenvalue weighted by atomic mass is 16.5. The number of carbonyl (C=O) groups is 2. The average Bonchev–Trinajstić information content (AvgIpc) is 2.99. The van der Waals surface area contributed by atoms with E-state index in [2.05, 4.69) is 15.2 Å². The molecule has 3 aromatic rings. The molecule has 3 rings (SSSR count). The monoisotopic (exact) mass is 368 g/mol. The fourth-order valence-corrected chi connectivity index (χ4v) is 3.17. The summed E-state index contributed by atoms with van der Waals surface area (Å²) < 4.78 is 4.96. The highest BCUT2D eigenvalue weighted by Gasteiger charge is 2.26. The lowest BCUT2D eigenvalue weighted by molar-refractivity contribution is -0.142. The summed E-state index contributed by atoms with van der Waals surface area (Å²) in [4.78, 5) is 40.3. The number of pyridine rings is 1. The number of hydrogen-bond acceptors (Lipinski definition) is 5. The molecule has 4 N–H and O–H groups in total. The van der Waals surface area contributed by atoms with Gasteiger partial charge in [-0.2, -0.15) is 0 Å². The Labute approximate surface area is 154 Å². The molecule has 1 unspecified atom stereocenters. The van der Waals surface area contributed by atoms with E-state index in [0.29, 0.717) is 11.3 Å². The molecule has 0 radical (unpaired) electrons. The van der Waals surface area contributed by atoms with Gasteiger partial charge in [0.25, 0.3) is 5.56 Å². The molecule has 0 fully saturated rings. The zero-order chi connectivity index (χ0) is 19.4. The Hall–Kier alpha value is -3.42. The average molecular weight is 368 g/mol. The van der Waals surface area contributed by atoms with Crippen molar-refractivity contribution < 1.29 is 14.3 Å². The van der Waals surface area contributed by atoms with Crippen molar-refractivity contribution in [2.75, 3.05) is 6.61 Å². The molecule has 1 aromatic carbocycles. The van der Waals surface area contributed by atoms with E-state index in [1.165, 1.54) is 0 Å². The van der Waals surface area contributed by atoms with E-state index in [-0.39, 0.29) is 19.4 Å². The molecule has 1 atom stereocenters. The van der Waals surface area contributed by atoms with E-state index in [9.17, 15) is 14.4 Å². The topological polar surface area (TPSA) is 131 Å². The van der Waals surface area contributed by atoms with Gasteiger partial charge in [0.05, 0.1) is 24.2 Å².